The Balaban J connectivity index is 1.72. The zero-order valence-electron chi connectivity index (χ0n) is 14.4. The van der Waals surface area contributed by atoms with Gasteiger partial charge in [0.25, 0.3) is 11.8 Å². The predicted molar refractivity (Wildman–Crippen MR) is 96.1 cm³/mol. The molecule has 2 fully saturated rings. The van der Waals surface area contributed by atoms with Crippen molar-refractivity contribution < 1.29 is 18.0 Å². The van der Waals surface area contributed by atoms with Gasteiger partial charge < -0.3 is 5.32 Å². The summed E-state index contributed by atoms with van der Waals surface area (Å²) in [6.45, 7) is 4.79. The summed E-state index contributed by atoms with van der Waals surface area (Å²) >= 11 is 1.40. The summed E-state index contributed by atoms with van der Waals surface area (Å²) in [4.78, 5) is 27.7. The van der Waals surface area contributed by atoms with Crippen molar-refractivity contribution in [3.63, 3.8) is 0 Å². The third kappa shape index (κ3) is 3.58. The van der Waals surface area contributed by atoms with E-state index < -0.39 is 16.1 Å². The van der Waals surface area contributed by atoms with Gasteiger partial charge in [-0.3, -0.25) is 14.5 Å². The van der Waals surface area contributed by atoms with Gasteiger partial charge in [-0.2, -0.15) is 0 Å². The average Bonchev–Trinajstić information content (AvgIpc) is 3.14. The van der Waals surface area contributed by atoms with Crippen LogP contribution in [-0.2, 0) is 14.8 Å². The number of carbonyl (C=O) groups is 2. The first-order valence-corrected chi connectivity index (χ1v) is 11.0. The van der Waals surface area contributed by atoms with E-state index in [9.17, 15) is 18.0 Å². The first-order chi connectivity index (χ1) is 11.8. The molecular formula is C16H23N3O4S2. The van der Waals surface area contributed by atoms with E-state index in [1.165, 1.54) is 11.3 Å². The van der Waals surface area contributed by atoms with Crippen LogP contribution in [0, 0.1) is 6.92 Å². The lowest BCUT2D eigenvalue weighted by Crippen LogP contribution is -2.44. The maximum atomic E-state index is 12.7. The number of carbonyl (C=O) groups excluding carboxylic acids is 2. The Hall–Kier alpha value is -1.45. The van der Waals surface area contributed by atoms with Gasteiger partial charge in [-0.25, -0.2) is 12.7 Å². The maximum absolute atomic E-state index is 12.7. The minimum absolute atomic E-state index is 0.0556. The van der Waals surface area contributed by atoms with Crippen molar-refractivity contribution in [2.75, 3.05) is 25.4 Å². The van der Waals surface area contributed by atoms with E-state index in [0.29, 0.717) is 30.8 Å². The molecule has 0 radical (unpaired) electrons. The van der Waals surface area contributed by atoms with Gasteiger partial charge in [-0.05, 0) is 36.8 Å². The van der Waals surface area contributed by atoms with Crippen LogP contribution in [0.25, 0.3) is 0 Å². The second-order valence-electron chi connectivity index (χ2n) is 6.58. The molecule has 0 aliphatic carbocycles. The molecule has 3 heterocycles. The van der Waals surface area contributed by atoms with E-state index in [4.69, 9.17) is 0 Å². The summed E-state index contributed by atoms with van der Waals surface area (Å²) in [5.41, 5.74) is 0.936. The van der Waals surface area contributed by atoms with Crippen molar-refractivity contribution in [3.05, 3.63) is 21.9 Å². The predicted octanol–water partition coefficient (Wildman–Crippen LogP) is 0.811. The van der Waals surface area contributed by atoms with Crippen LogP contribution in [0.1, 0.15) is 35.0 Å². The van der Waals surface area contributed by atoms with Crippen molar-refractivity contribution in [1.82, 2.24) is 14.5 Å². The molecule has 2 aliphatic rings. The summed E-state index contributed by atoms with van der Waals surface area (Å²) in [6, 6.07) is 1.28. The van der Waals surface area contributed by atoms with Gasteiger partial charge >= 0.3 is 0 Å². The fraction of sp³-hybridized carbons (Fsp3) is 0.625. The number of aryl methyl sites for hydroxylation is 1. The summed E-state index contributed by atoms with van der Waals surface area (Å²) in [5.74, 6) is -0.538. The normalized spacial score (nSPS) is 26.3. The highest BCUT2D eigenvalue weighted by molar-refractivity contribution is 7.89. The number of nitrogens with zero attached hydrogens (tertiary/aromatic N) is 2. The number of hydrogen-bond acceptors (Lipinski definition) is 6. The maximum Gasteiger partial charge on any atom is 0.261 e. The first kappa shape index (κ1) is 18.3. The Morgan fingerprint density at radius 2 is 2.20 bits per heavy atom. The molecule has 2 saturated heterocycles. The third-order valence-corrected chi connectivity index (χ3v) is 7.48. The lowest BCUT2D eigenvalue weighted by atomic mass is 10.1. The Morgan fingerprint density at radius 1 is 1.44 bits per heavy atom. The van der Waals surface area contributed by atoms with Gasteiger partial charge in [0.15, 0.2) is 0 Å². The molecular weight excluding hydrogens is 362 g/mol. The van der Waals surface area contributed by atoms with Crippen LogP contribution in [-0.4, -0.2) is 66.9 Å². The van der Waals surface area contributed by atoms with Crippen molar-refractivity contribution in [2.45, 2.75) is 38.8 Å². The smallest absolute Gasteiger partial charge is 0.261 e. The largest absolute Gasteiger partial charge is 0.347 e. The van der Waals surface area contributed by atoms with E-state index >= 15 is 0 Å². The number of amides is 2. The summed E-state index contributed by atoms with van der Waals surface area (Å²) in [7, 11) is -3.54. The molecule has 0 saturated carbocycles. The SMILES string of the molecule is CCCN1C(=O)[C@@H]2C[C@H](NC(=O)c3sccc3C)CN2CCS1(=O)=O. The second-order valence-corrected chi connectivity index (χ2v) is 9.50. The van der Waals surface area contributed by atoms with Gasteiger partial charge in [-0.15, -0.1) is 11.3 Å². The van der Waals surface area contributed by atoms with Gasteiger partial charge in [0.1, 0.15) is 0 Å². The van der Waals surface area contributed by atoms with Gasteiger partial charge in [0.2, 0.25) is 10.0 Å². The first-order valence-electron chi connectivity index (χ1n) is 8.46. The van der Waals surface area contributed by atoms with Gasteiger partial charge in [0, 0.05) is 25.7 Å². The number of nitrogens with one attached hydrogen (secondary N) is 1. The van der Waals surface area contributed by atoms with E-state index in [1.54, 1.807) is 0 Å². The highest BCUT2D eigenvalue weighted by Gasteiger charge is 2.45. The van der Waals surface area contributed by atoms with Crippen LogP contribution in [0.15, 0.2) is 11.4 Å². The lowest BCUT2D eigenvalue weighted by Gasteiger charge is -2.23. The Morgan fingerprint density at radius 3 is 2.84 bits per heavy atom. The quantitative estimate of drug-likeness (QED) is 0.829. The monoisotopic (exact) mass is 385 g/mol. The van der Waals surface area contributed by atoms with E-state index in [-0.39, 0.29) is 30.2 Å². The molecule has 3 rings (SSSR count). The number of rotatable bonds is 4. The third-order valence-electron chi connectivity index (χ3n) is 4.74. The van der Waals surface area contributed by atoms with Crippen molar-refractivity contribution in [1.29, 1.82) is 0 Å². The summed E-state index contributed by atoms with van der Waals surface area (Å²) < 4.78 is 25.6. The second kappa shape index (κ2) is 7.05. The van der Waals surface area contributed by atoms with Crippen molar-refractivity contribution in [2.24, 2.45) is 0 Å². The summed E-state index contributed by atoms with van der Waals surface area (Å²) in [5, 5.41) is 4.87. The van der Waals surface area contributed by atoms with E-state index in [2.05, 4.69) is 5.32 Å². The molecule has 9 heteroatoms. The Kier molecular flexibility index (Phi) is 5.17. The number of fused-ring (bicyclic) bond motifs is 1. The molecule has 7 nitrogen and oxygen atoms in total. The molecule has 2 atom stereocenters. The van der Waals surface area contributed by atoms with Gasteiger partial charge in [0.05, 0.1) is 16.7 Å². The zero-order chi connectivity index (χ0) is 18.2. The van der Waals surface area contributed by atoms with Crippen LogP contribution in [0.5, 0.6) is 0 Å². The van der Waals surface area contributed by atoms with Crippen LogP contribution in [0.4, 0.5) is 0 Å². The zero-order valence-corrected chi connectivity index (χ0v) is 16.0. The van der Waals surface area contributed by atoms with Crippen molar-refractivity contribution in [3.8, 4) is 0 Å². The standard InChI is InChI=1S/C16H23N3O4S2/c1-3-5-19-16(21)13-9-12(10-18(13)6-8-25(19,22)23)17-15(20)14-11(2)4-7-24-14/h4,7,12-13H,3,5-6,8-10H2,1-2H3,(H,17,20)/t12-,13-/m0/s1. The van der Waals surface area contributed by atoms with Crippen LogP contribution >= 0.6 is 11.3 Å². The summed E-state index contributed by atoms with van der Waals surface area (Å²) in [6.07, 6.45) is 1.04. The molecule has 0 spiro atoms. The fourth-order valence-electron chi connectivity index (χ4n) is 3.47. The molecule has 0 bridgehead atoms. The Labute approximate surface area is 152 Å². The molecule has 2 aliphatic heterocycles. The van der Waals surface area contributed by atoms with Gasteiger partial charge in [-0.1, -0.05) is 6.92 Å². The number of thiophene rings is 1. The van der Waals surface area contributed by atoms with Crippen LogP contribution < -0.4 is 5.32 Å². The van der Waals surface area contributed by atoms with E-state index in [1.807, 2.05) is 30.2 Å². The van der Waals surface area contributed by atoms with Crippen molar-refractivity contribution >= 4 is 33.2 Å². The molecule has 0 aromatic carbocycles. The van der Waals surface area contributed by atoms with Crippen LogP contribution in [0.2, 0.25) is 0 Å². The molecule has 25 heavy (non-hydrogen) atoms. The lowest BCUT2D eigenvalue weighted by molar-refractivity contribution is -0.130. The molecule has 1 aromatic rings. The molecule has 1 N–H and O–H groups in total. The van der Waals surface area contributed by atoms with Crippen LogP contribution in [0.3, 0.4) is 0 Å². The molecule has 1 aromatic heterocycles. The average molecular weight is 386 g/mol. The molecule has 2 amide bonds. The highest BCUT2D eigenvalue weighted by Crippen LogP contribution is 2.25. The molecule has 0 unspecified atom stereocenters. The Bertz CT molecular complexity index is 774. The topological polar surface area (TPSA) is 86.8 Å². The minimum atomic E-state index is -3.54. The number of hydrogen-bond donors (Lipinski definition) is 1. The fourth-order valence-corrected chi connectivity index (χ4v) is 5.84. The van der Waals surface area contributed by atoms with E-state index in [0.717, 1.165) is 9.87 Å². The highest BCUT2D eigenvalue weighted by atomic mass is 32.2. The number of sulfonamides is 1. The molecule has 138 valence electrons. The minimum Gasteiger partial charge on any atom is -0.347 e.